The maximum absolute atomic E-state index is 12.6. The van der Waals surface area contributed by atoms with Crippen LogP contribution in [0.4, 0.5) is 0 Å². The number of nitrogens with zero attached hydrogens (tertiary/aromatic N) is 1. The molecule has 0 unspecified atom stereocenters. The van der Waals surface area contributed by atoms with E-state index in [9.17, 15) is 8.42 Å². The molecule has 102 valence electrons. The average molecular weight is 277 g/mol. The van der Waals surface area contributed by atoms with Crippen molar-refractivity contribution in [3.63, 3.8) is 0 Å². The lowest BCUT2D eigenvalue weighted by atomic mass is 10.2. The summed E-state index contributed by atoms with van der Waals surface area (Å²) in [5.41, 5.74) is 0.683. The molecule has 1 aromatic carbocycles. The molecule has 0 fully saturated rings. The summed E-state index contributed by atoms with van der Waals surface area (Å²) in [5.74, 6) is 0. The SMILES string of the molecule is C=CCN(CC=C)S(=O)(=O)c1ccccc1/C=C/C. The van der Waals surface area contributed by atoms with Gasteiger partial charge in [0.15, 0.2) is 0 Å². The zero-order valence-corrected chi connectivity index (χ0v) is 11.9. The second-order valence-electron chi connectivity index (χ2n) is 3.94. The lowest BCUT2D eigenvalue weighted by Gasteiger charge is -2.20. The molecule has 0 saturated carbocycles. The van der Waals surface area contributed by atoms with Crippen molar-refractivity contribution < 1.29 is 8.42 Å². The summed E-state index contributed by atoms with van der Waals surface area (Å²) in [5, 5.41) is 0. The third-order valence-corrected chi connectivity index (χ3v) is 4.45. The van der Waals surface area contributed by atoms with Crippen molar-refractivity contribution in [1.82, 2.24) is 4.31 Å². The van der Waals surface area contributed by atoms with Crippen molar-refractivity contribution >= 4 is 16.1 Å². The lowest BCUT2D eigenvalue weighted by molar-refractivity contribution is 0.474. The predicted molar refractivity (Wildman–Crippen MR) is 80.3 cm³/mol. The highest BCUT2D eigenvalue weighted by molar-refractivity contribution is 7.89. The van der Waals surface area contributed by atoms with Gasteiger partial charge in [-0.25, -0.2) is 8.42 Å². The van der Waals surface area contributed by atoms with Crippen LogP contribution in [-0.2, 0) is 10.0 Å². The van der Waals surface area contributed by atoms with Gasteiger partial charge in [0.05, 0.1) is 4.90 Å². The fourth-order valence-corrected chi connectivity index (χ4v) is 3.30. The first-order chi connectivity index (χ1) is 9.07. The van der Waals surface area contributed by atoms with Gasteiger partial charge in [-0.1, -0.05) is 42.5 Å². The van der Waals surface area contributed by atoms with Crippen LogP contribution in [0.1, 0.15) is 12.5 Å². The molecule has 0 amide bonds. The van der Waals surface area contributed by atoms with E-state index in [1.807, 2.05) is 19.1 Å². The summed E-state index contributed by atoms with van der Waals surface area (Å²) in [7, 11) is -3.54. The molecule has 0 spiro atoms. The molecule has 3 nitrogen and oxygen atoms in total. The zero-order valence-electron chi connectivity index (χ0n) is 11.1. The van der Waals surface area contributed by atoms with Crippen LogP contribution in [0.3, 0.4) is 0 Å². The topological polar surface area (TPSA) is 37.4 Å². The van der Waals surface area contributed by atoms with E-state index in [1.54, 1.807) is 36.4 Å². The van der Waals surface area contributed by atoms with Crippen LogP contribution in [0.2, 0.25) is 0 Å². The van der Waals surface area contributed by atoms with Gasteiger partial charge in [-0.15, -0.1) is 13.2 Å². The van der Waals surface area contributed by atoms with Gasteiger partial charge in [0.1, 0.15) is 0 Å². The Morgan fingerprint density at radius 3 is 2.26 bits per heavy atom. The minimum atomic E-state index is -3.54. The molecular formula is C15H19NO2S. The summed E-state index contributed by atoms with van der Waals surface area (Å²) >= 11 is 0. The van der Waals surface area contributed by atoms with Crippen molar-refractivity contribution in [2.45, 2.75) is 11.8 Å². The molecule has 0 aromatic heterocycles. The number of sulfonamides is 1. The van der Waals surface area contributed by atoms with E-state index in [0.717, 1.165) is 0 Å². The quantitative estimate of drug-likeness (QED) is 0.718. The molecule has 1 rings (SSSR count). The maximum atomic E-state index is 12.6. The highest BCUT2D eigenvalue weighted by Gasteiger charge is 2.24. The van der Waals surface area contributed by atoms with Gasteiger partial charge in [-0.05, 0) is 18.6 Å². The largest absolute Gasteiger partial charge is 0.244 e. The van der Waals surface area contributed by atoms with Crippen LogP contribution >= 0.6 is 0 Å². The van der Waals surface area contributed by atoms with Crippen molar-refractivity contribution in [2.75, 3.05) is 13.1 Å². The van der Waals surface area contributed by atoms with E-state index >= 15 is 0 Å². The Morgan fingerprint density at radius 2 is 1.74 bits per heavy atom. The summed E-state index contributed by atoms with van der Waals surface area (Å²) in [4.78, 5) is 0.303. The minimum Gasteiger partial charge on any atom is -0.207 e. The van der Waals surface area contributed by atoms with E-state index in [2.05, 4.69) is 13.2 Å². The number of rotatable bonds is 7. The molecule has 0 radical (unpaired) electrons. The van der Waals surface area contributed by atoms with E-state index in [0.29, 0.717) is 10.5 Å². The van der Waals surface area contributed by atoms with Crippen LogP contribution in [-0.4, -0.2) is 25.8 Å². The highest BCUT2D eigenvalue weighted by Crippen LogP contribution is 2.21. The Balaban J connectivity index is 3.32. The number of allylic oxidation sites excluding steroid dienone is 1. The van der Waals surface area contributed by atoms with Crippen molar-refractivity contribution in [2.24, 2.45) is 0 Å². The fourth-order valence-electron chi connectivity index (χ4n) is 1.73. The molecule has 0 aliphatic heterocycles. The molecule has 1 aromatic rings. The fraction of sp³-hybridized carbons (Fsp3) is 0.200. The third kappa shape index (κ3) is 3.66. The highest BCUT2D eigenvalue weighted by atomic mass is 32.2. The smallest absolute Gasteiger partial charge is 0.207 e. The summed E-state index contributed by atoms with van der Waals surface area (Å²) < 4.78 is 26.6. The molecule has 0 atom stereocenters. The van der Waals surface area contributed by atoms with E-state index < -0.39 is 10.0 Å². The molecule has 0 aliphatic rings. The first kappa shape index (κ1) is 15.4. The molecule has 0 N–H and O–H groups in total. The average Bonchev–Trinajstić information content (AvgIpc) is 2.39. The predicted octanol–water partition coefficient (Wildman–Crippen LogP) is 3.08. The monoisotopic (exact) mass is 277 g/mol. The second kappa shape index (κ2) is 7.07. The Bertz CT molecular complexity index is 564. The molecule has 4 heteroatoms. The Kier molecular flexibility index (Phi) is 5.73. The molecular weight excluding hydrogens is 258 g/mol. The first-order valence-corrected chi connectivity index (χ1v) is 7.45. The Hall–Kier alpha value is -1.65. The van der Waals surface area contributed by atoms with Crippen molar-refractivity contribution in [3.8, 4) is 0 Å². The molecule has 0 bridgehead atoms. The lowest BCUT2D eigenvalue weighted by Crippen LogP contribution is -2.31. The van der Waals surface area contributed by atoms with Gasteiger partial charge < -0.3 is 0 Å². The number of hydrogen-bond acceptors (Lipinski definition) is 2. The maximum Gasteiger partial charge on any atom is 0.244 e. The Morgan fingerprint density at radius 1 is 1.16 bits per heavy atom. The van der Waals surface area contributed by atoms with Crippen molar-refractivity contribution in [1.29, 1.82) is 0 Å². The van der Waals surface area contributed by atoms with Crippen LogP contribution in [0.25, 0.3) is 6.08 Å². The van der Waals surface area contributed by atoms with Crippen LogP contribution in [0.5, 0.6) is 0 Å². The summed E-state index contributed by atoms with van der Waals surface area (Å²) in [6, 6.07) is 6.94. The van der Waals surface area contributed by atoms with E-state index in [-0.39, 0.29) is 13.1 Å². The van der Waals surface area contributed by atoms with Gasteiger partial charge in [0, 0.05) is 13.1 Å². The van der Waals surface area contributed by atoms with Crippen molar-refractivity contribution in [3.05, 3.63) is 61.2 Å². The van der Waals surface area contributed by atoms with Gasteiger partial charge in [0.25, 0.3) is 0 Å². The summed E-state index contributed by atoms with van der Waals surface area (Å²) in [6.07, 6.45) is 6.74. The molecule has 19 heavy (non-hydrogen) atoms. The zero-order chi connectivity index (χ0) is 14.3. The molecule has 0 aliphatic carbocycles. The minimum absolute atomic E-state index is 0.262. The number of benzene rings is 1. The van der Waals surface area contributed by atoms with Gasteiger partial charge in [-0.3, -0.25) is 0 Å². The van der Waals surface area contributed by atoms with E-state index in [4.69, 9.17) is 0 Å². The normalized spacial score (nSPS) is 11.9. The second-order valence-corrected chi connectivity index (χ2v) is 5.84. The van der Waals surface area contributed by atoms with E-state index in [1.165, 1.54) is 4.31 Å². The van der Waals surface area contributed by atoms with Crippen LogP contribution in [0.15, 0.2) is 60.5 Å². The third-order valence-electron chi connectivity index (χ3n) is 2.55. The molecule has 0 heterocycles. The number of hydrogen-bond donors (Lipinski definition) is 0. The van der Waals surface area contributed by atoms with Crippen LogP contribution < -0.4 is 0 Å². The first-order valence-electron chi connectivity index (χ1n) is 6.01. The van der Waals surface area contributed by atoms with Gasteiger partial charge >= 0.3 is 0 Å². The molecule has 0 saturated heterocycles. The van der Waals surface area contributed by atoms with Crippen LogP contribution in [0, 0.1) is 0 Å². The Labute approximate surface area is 115 Å². The van der Waals surface area contributed by atoms with Gasteiger partial charge in [0.2, 0.25) is 10.0 Å². The standard InChI is InChI=1S/C15H19NO2S/c1-4-9-14-10-7-8-11-15(14)19(17,18)16(12-5-2)13-6-3/h4-11H,2-3,12-13H2,1H3/b9-4+. The summed E-state index contributed by atoms with van der Waals surface area (Å²) in [6.45, 7) is 9.57. The van der Waals surface area contributed by atoms with Gasteiger partial charge in [-0.2, -0.15) is 4.31 Å².